The van der Waals surface area contributed by atoms with Crippen molar-refractivity contribution in [2.45, 2.75) is 30.8 Å². The van der Waals surface area contributed by atoms with Gasteiger partial charge in [-0.2, -0.15) is 0 Å². The lowest BCUT2D eigenvalue weighted by Crippen LogP contribution is -2.51. The first-order chi connectivity index (χ1) is 10.0. The highest BCUT2D eigenvalue weighted by molar-refractivity contribution is 5.45. The molecule has 2 unspecified atom stereocenters. The molecule has 0 fully saturated rings. The predicted molar refractivity (Wildman–Crippen MR) is 81.5 cm³/mol. The van der Waals surface area contributed by atoms with Crippen molar-refractivity contribution < 1.29 is 9.50 Å². The van der Waals surface area contributed by atoms with Gasteiger partial charge in [0.05, 0.1) is 0 Å². The first kappa shape index (κ1) is 14.2. The quantitative estimate of drug-likeness (QED) is 0.911. The normalized spacial score (nSPS) is 23.6. The molecule has 0 saturated heterocycles. The van der Waals surface area contributed by atoms with Gasteiger partial charge >= 0.3 is 0 Å². The van der Waals surface area contributed by atoms with Crippen molar-refractivity contribution in [1.29, 1.82) is 0 Å². The largest absolute Gasteiger partial charge is 0.384 e. The summed E-state index contributed by atoms with van der Waals surface area (Å²) in [6.07, 6.45) is 1.59. The fourth-order valence-electron chi connectivity index (χ4n) is 3.72. The summed E-state index contributed by atoms with van der Waals surface area (Å²) in [6, 6.07) is 14.4. The van der Waals surface area contributed by atoms with E-state index < -0.39 is 11.0 Å². The summed E-state index contributed by atoms with van der Waals surface area (Å²) in [5, 5.41) is 11.2. The van der Waals surface area contributed by atoms with Crippen LogP contribution in [0.2, 0.25) is 0 Å². The van der Waals surface area contributed by atoms with Gasteiger partial charge in [-0.05, 0) is 37.0 Å². The average Bonchev–Trinajstić information content (AvgIpc) is 2.88. The van der Waals surface area contributed by atoms with Crippen molar-refractivity contribution >= 4 is 0 Å². The van der Waals surface area contributed by atoms with Crippen LogP contribution < -0.4 is 5.73 Å². The van der Waals surface area contributed by atoms with E-state index in [1.807, 2.05) is 18.2 Å². The molecule has 0 bridgehead atoms. The zero-order valence-electron chi connectivity index (χ0n) is 12.1. The Balaban J connectivity index is 2.19. The van der Waals surface area contributed by atoms with Gasteiger partial charge in [0.15, 0.2) is 0 Å². The molecule has 2 aromatic rings. The first-order valence-electron chi connectivity index (χ1n) is 7.29. The number of fused-ring (bicyclic) bond motifs is 1. The van der Waals surface area contributed by atoms with Crippen molar-refractivity contribution in [1.82, 2.24) is 0 Å². The van der Waals surface area contributed by atoms with Crippen molar-refractivity contribution in [3.63, 3.8) is 0 Å². The molecular weight excluding hydrogens is 265 g/mol. The molecule has 3 heteroatoms. The summed E-state index contributed by atoms with van der Waals surface area (Å²) in [4.78, 5) is 0. The van der Waals surface area contributed by atoms with Crippen LogP contribution in [-0.4, -0.2) is 11.7 Å². The number of hydrogen-bond acceptors (Lipinski definition) is 2. The lowest BCUT2D eigenvalue weighted by atomic mass is 9.65. The van der Waals surface area contributed by atoms with E-state index in [9.17, 15) is 9.50 Å². The van der Waals surface area contributed by atoms with Gasteiger partial charge in [-0.3, -0.25) is 0 Å². The molecule has 2 aromatic carbocycles. The van der Waals surface area contributed by atoms with Gasteiger partial charge in [-0.25, -0.2) is 4.39 Å². The smallest absolute Gasteiger partial charge is 0.129 e. The van der Waals surface area contributed by atoms with Crippen molar-refractivity contribution in [2.75, 3.05) is 6.54 Å². The van der Waals surface area contributed by atoms with E-state index in [0.717, 1.165) is 18.4 Å². The average molecular weight is 285 g/mol. The Morgan fingerprint density at radius 1 is 1.19 bits per heavy atom. The minimum Gasteiger partial charge on any atom is -0.384 e. The van der Waals surface area contributed by atoms with E-state index in [0.29, 0.717) is 5.56 Å². The van der Waals surface area contributed by atoms with Crippen molar-refractivity contribution in [2.24, 2.45) is 5.73 Å². The number of rotatable bonds is 3. The van der Waals surface area contributed by atoms with E-state index >= 15 is 0 Å². The van der Waals surface area contributed by atoms with Gasteiger partial charge in [-0.15, -0.1) is 0 Å². The molecule has 1 aliphatic rings. The van der Waals surface area contributed by atoms with Gasteiger partial charge in [0.2, 0.25) is 0 Å². The van der Waals surface area contributed by atoms with Crippen LogP contribution in [0.5, 0.6) is 0 Å². The third-order valence-electron chi connectivity index (χ3n) is 5.03. The lowest BCUT2D eigenvalue weighted by Gasteiger charge is -2.43. The van der Waals surface area contributed by atoms with Crippen LogP contribution in [0.15, 0.2) is 48.5 Å². The molecule has 3 N–H and O–H groups in total. The van der Waals surface area contributed by atoms with E-state index in [1.165, 1.54) is 11.6 Å². The molecular formula is C18H20FNO. The molecule has 0 aromatic heterocycles. The number of aryl methyl sites for hydroxylation is 1. The minimum absolute atomic E-state index is 0.283. The third kappa shape index (κ3) is 1.92. The highest BCUT2D eigenvalue weighted by atomic mass is 19.1. The Morgan fingerprint density at radius 2 is 1.86 bits per heavy atom. The maximum Gasteiger partial charge on any atom is 0.129 e. The molecule has 3 rings (SSSR count). The number of nitrogens with two attached hydrogens (primary N) is 1. The maximum atomic E-state index is 14.2. The molecule has 0 heterocycles. The summed E-state index contributed by atoms with van der Waals surface area (Å²) < 4.78 is 14.2. The van der Waals surface area contributed by atoms with Crippen molar-refractivity contribution in [3.05, 3.63) is 71.0 Å². The molecule has 0 radical (unpaired) electrons. The fourth-order valence-corrected chi connectivity index (χ4v) is 3.72. The monoisotopic (exact) mass is 285 g/mol. The molecule has 0 spiro atoms. The lowest BCUT2D eigenvalue weighted by molar-refractivity contribution is -0.0288. The molecule has 0 saturated carbocycles. The highest BCUT2D eigenvalue weighted by Gasteiger charge is 2.52. The van der Waals surface area contributed by atoms with Crippen LogP contribution in [0.3, 0.4) is 0 Å². The molecule has 0 aliphatic heterocycles. The number of halogens is 1. The summed E-state index contributed by atoms with van der Waals surface area (Å²) in [5.74, 6) is -0.389. The van der Waals surface area contributed by atoms with Gasteiger partial charge in [-0.1, -0.05) is 42.5 Å². The Kier molecular flexibility index (Phi) is 3.34. The summed E-state index contributed by atoms with van der Waals surface area (Å²) in [6.45, 7) is 1.96. The summed E-state index contributed by atoms with van der Waals surface area (Å²) in [5.41, 5.74) is 6.63. The molecule has 110 valence electrons. The molecule has 1 aliphatic carbocycles. The zero-order chi connectivity index (χ0) is 15.1. The summed E-state index contributed by atoms with van der Waals surface area (Å²) >= 11 is 0. The highest BCUT2D eigenvalue weighted by Crippen LogP contribution is 2.50. The van der Waals surface area contributed by atoms with Crippen LogP contribution in [0.25, 0.3) is 0 Å². The van der Waals surface area contributed by atoms with Crippen LogP contribution in [0.4, 0.5) is 4.39 Å². The van der Waals surface area contributed by atoms with Gasteiger partial charge < -0.3 is 10.8 Å². The second-order valence-corrected chi connectivity index (χ2v) is 6.00. The minimum atomic E-state index is -1.35. The van der Waals surface area contributed by atoms with E-state index in [-0.39, 0.29) is 12.4 Å². The van der Waals surface area contributed by atoms with Gasteiger partial charge in [0.1, 0.15) is 11.4 Å². The Hall–Kier alpha value is -1.71. The van der Waals surface area contributed by atoms with E-state index in [2.05, 4.69) is 6.07 Å². The molecule has 21 heavy (non-hydrogen) atoms. The van der Waals surface area contributed by atoms with Crippen LogP contribution in [0, 0.1) is 5.82 Å². The Bertz CT molecular complexity index is 668. The maximum absolute atomic E-state index is 14.2. The molecule has 0 amide bonds. The van der Waals surface area contributed by atoms with Gasteiger partial charge in [0.25, 0.3) is 0 Å². The number of benzene rings is 2. The Labute approximate surface area is 124 Å². The van der Waals surface area contributed by atoms with Crippen LogP contribution >= 0.6 is 0 Å². The fraction of sp³-hybridized carbons (Fsp3) is 0.333. The van der Waals surface area contributed by atoms with E-state index in [1.54, 1.807) is 25.1 Å². The SMILES string of the molecule is CC(O)(c1ccccc1F)C1(CN)CCc2ccccc21. The molecule has 2 nitrogen and oxygen atoms in total. The number of hydrogen-bond donors (Lipinski definition) is 2. The number of aliphatic hydroxyl groups is 1. The summed E-state index contributed by atoms with van der Waals surface area (Å²) in [7, 11) is 0. The topological polar surface area (TPSA) is 46.2 Å². The van der Waals surface area contributed by atoms with Crippen molar-refractivity contribution in [3.8, 4) is 0 Å². The Morgan fingerprint density at radius 3 is 2.57 bits per heavy atom. The predicted octanol–water partition coefficient (Wildman–Crippen LogP) is 2.88. The second-order valence-electron chi connectivity index (χ2n) is 6.00. The zero-order valence-corrected chi connectivity index (χ0v) is 12.1. The third-order valence-corrected chi connectivity index (χ3v) is 5.03. The molecule has 2 atom stereocenters. The standard InChI is InChI=1S/C18H20FNO/c1-17(21,15-8-4-5-9-16(15)19)18(12-20)11-10-13-6-2-3-7-14(13)18/h2-9,21H,10-12,20H2,1H3. The second kappa shape index (κ2) is 4.93. The van der Waals surface area contributed by atoms with Crippen LogP contribution in [-0.2, 0) is 17.4 Å². The van der Waals surface area contributed by atoms with E-state index in [4.69, 9.17) is 5.73 Å². The van der Waals surface area contributed by atoms with Crippen LogP contribution in [0.1, 0.15) is 30.0 Å². The van der Waals surface area contributed by atoms with Gasteiger partial charge in [0, 0.05) is 17.5 Å². The first-order valence-corrected chi connectivity index (χ1v) is 7.29.